The van der Waals surface area contributed by atoms with E-state index in [1.54, 1.807) is 0 Å². The predicted octanol–water partition coefficient (Wildman–Crippen LogP) is 1.22. The van der Waals surface area contributed by atoms with Crippen molar-refractivity contribution in [1.29, 1.82) is 0 Å². The zero-order chi connectivity index (χ0) is 10.4. The highest BCUT2D eigenvalue weighted by atomic mass is 35.5. The highest BCUT2D eigenvalue weighted by molar-refractivity contribution is 6.17. The van der Waals surface area contributed by atoms with E-state index >= 15 is 0 Å². The summed E-state index contributed by atoms with van der Waals surface area (Å²) >= 11 is 5.53. The molecule has 0 unspecified atom stereocenters. The predicted molar refractivity (Wildman–Crippen MR) is 58.6 cm³/mol. The fraction of sp³-hybridized carbons (Fsp3) is 0.900. The molecule has 1 N–H and O–H groups in total. The molecular formula is C10H19ClN2O. The lowest BCUT2D eigenvalue weighted by Crippen LogP contribution is -2.44. The Morgan fingerprint density at radius 1 is 1.50 bits per heavy atom. The van der Waals surface area contributed by atoms with Crippen molar-refractivity contribution in [2.45, 2.75) is 32.2 Å². The molecule has 1 saturated heterocycles. The zero-order valence-electron chi connectivity index (χ0n) is 8.76. The Bertz CT molecular complexity index is 181. The van der Waals surface area contributed by atoms with Crippen molar-refractivity contribution in [2.24, 2.45) is 0 Å². The maximum absolute atomic E-state index is 11.6. The Morgan fingerprint density at radius 2 is 2.14 bits per heavy atom. The number of nitrogens with zero attached hydrogens (tertiary/aromatic N) is 1. The summed E-state index contributed by atoms with van der Waals surface area (Å²) in [6.45, 7) is 4.79. The number of alkyl halides is 1. The number of amides is 1. The molecule has 0 aromatic rings. The molecule has 3 nitrogen and oxygen atoms in total. The molecule has 0 aromatic carbocycles. The van der Waals surface area contributed by atoms with Gasteiger partial charge in [-0.1, -0.05) is 0 Å². The van der Waals surface area contributed by atoms with Gasteiger partial charge >= 0.3 is 0 Å². The average molecular weight is 219 g/mol. The minimum absolute atomic E-state index is 0.0211. The second kappa shape index (κ2) is 6.25. The standard InChI is InChI=1S/C10H19ClN2O/c1-9(13-7-2-3-8-13)10(14)12-6-4-5-11/h9H,2-8H2,1H3,(H,12,14)/t9-/m0/s1. The number of carbonyl (C=O) groups is 1. The first-order valence-corrected chi connectivity index (χ1v) is 5.87. The van der Waals surface area contributed by atoms with Crippen LogP contribution in [0.15, 0.2) is 0 Å². The molecule has 82 valence electrons. The lowest BCUT2D eigenvalue weighted by Gasteiger charge is -2.22. The van der Waals surface area contributed by atoms with E-state index in [1.165, 1.54) is 12.8 Å². The van der Waals surface area contributed by atoms with Crippen LogP contribution in [0.25, 0.3) is 0 Å². The van der Waals surface area contributed by atoms with Crippen LogP contribution in [-0.4, -0.2) is 42.4 Å². The summed E-state index contributed by atoms with van der Waals surface area (Å²) in [5, 5.41) is 2.90. The maximum Gasteiger partial charge on any atom is 0.237 e. The molecule has 1 atom stereocenters. The van der Waals surface area contributed by atoms with Crippen molar-refractivity contribution >= 4 is 17.5 Å². The van der Waals surface area contributed by atoms with E-state index in [1.807, 2.05) is 6.92 Å². The SMILES string of the molecule is C[C@@H](C(=O)NCCCCl)N1CCCC1. The average Bonchev–Trinajstić information content (AvgIpc) is 2.69. The zero-order valence-corrected chi connectivity index (χ0v) is 9.52. The Morgan fingerprint density at radius 3 is 2.71 bits per heavy atom. The van der Waals surface area contributed by atoms with Gasteiger partial charge in [0.15, 0.2) is 0 Å². The van der Waals surface area contributed by atoms with Gasteiger partial charge in [0.1, 0.15) is 0 Å². The number of rotatable bonds is 5. The largest absolute Gasteiger partial charge is 0.355 e. The molecule has 0 saturated carbocycles. The van der Waals surface area contributed by atoms with Gasteiger partial charge in [0.2, 0.25) is 5.91 Å². The highest BCUT2D eigenvalue weighted by Crippen LogP contribution is 2.11. The summed E-state index contributed by atoms with van der Waals surface area (Å²) in [7, 11) is 0. The van der Waals surface area contributed by atoms with Gasteiger partial charge in [0.25, 0.3) is 0 Å². The molecule has 0 radical (unpaired) electrons. The molecule has 1 aliphatic rings. The topological polar surface area (TPSA) is 32.3 Å². The maximum atomic E-state index is 11.6. The smallest absolute Gasteiger partial charge is 0.237 e. The summed E-state index contributed by atoms with van der Waals surface area (Å²) in [5.41, 5.74) is 0. The third kappa shape index (κ3) is 3.46. The van der Waals surface area contributed by atoms with Gasteiger partial charge in [0.05, 0.1) is 6.04 Å². The van der Waals surface area contributed by atoms with Crippen LogP contribution < -0.4 is 5.32 Å². The van der Waals surface area contributed by atoms with Crippen molar-refractivity contribution in [1.82, 2.24) is 10.2 Å². The van der Waals surface area contributed by atoms with Crippen LogP contribution >= 0.6 is 11.6 Å². The number of halogens is 1. The van der Waals surface area contributed by atoms with Crippen molar-refractivity contribution in [3.63, 3.8) is 0 Å². The van der Waals surface area contributed by atoms with Gasteiger partial charge < -0.3 is 5.32 Å². The quantitative estimate of drug-likeness (QED) is 0.556. The Labute approximate surface area is 90.8 Å². The third-order valence-corrected chi connectivity index (χ3v) is 2.94. The van der Waals surface area contributed by atoms with Gasteiger partial charge in [-0.2, -0.15) is 0 Å². The van der Waals surface area contributed by atoms with E-state index in [9.17, 15) is 4.79 Å². The Kier molecular flexibility index (Phi) is 5.26. The van der Waals surface area contributed by atoms with Crippen LogP contribution in [0.1, 0.15) is 26.2 Å². The van der Waals surface area contributed by atoms with E-state index in [4.69, 9.17) is 11.6 Å². The van der Waals surface area contributed by atoms with E-state index in [0.29, 0.717) is 12.4 Å². The summed E-state index contributed by atoms with van der Waals surface area (Å²) < 4.78 is 0. The van der Waals surface area contributed by atoms with Gasteiger partial charge in [-0.25, -0.2) is 0 Å². The van der Waals surface area contributed by atoms with E-state index < -0.39 is 0 Å². The van der Waals surface area contributed by atoms with Crippen LogP contribution in [0.2, 0.25) is 0 Å². The number of likely N-dealkylation sites (tertiary alicyclic amines) is 1. The second-order valence-corrected chi connectivity index (χ2v) is 4.13. The molecule has 14 heavy (non-hydrogen) atoms. The van der Waals surface area contributed by atoms with Gasteiger partial charge in [-0.3, -0.25) is 9.69 Å². The monoisotopic (exact) mass is 218 g/mol. The molecule has 1 heterocycles. The number of carbonyl (C=O) groups excluding carboxylic acids is 1. The Hall–Kier alpha value is -0.280. The van der Waals surface area contributed by atoms with Crippen LogP contribution in [-0.2, 0) is 4.79 Å². The van der Waals surface area contributed by atoms with Gasteiger partial charge in [0, 0.05) is 12.4 Å². The summed E-state index contributed by atoms with van der Waals surface area (Å²) in [6.07, 6.45) is 3.29. The fourth-order valence-electron chi connectivity index (χ4n) is 1.72. The van der Waals surface area contributed by atoms with Crippen LogP contribution in [0.3, 0.4) is 0 Å². The number of hydrogen-bond acceptors (Lipinski definition) is 2. The molecule has 0 aromatic heterocycles. The normalized spacial score (nSPS) is 19.6. The molecule has 1 fully saturated rings. The van der Waals surface area contributed by atoms with Crippen LogP contribution in [0.5, 0.6) is 0 Å². The highest BCUT2D eigenvalue weighted by Gasteiger charge is 2.23. The molecule has 1 amide bonds. The van der Waals surface area contributed by atoms with Crippen molar-refractivity contribution in [3.8, 4) is 0 Å². The van der Waals surface area contributed by atoms with E-state index in [-0.39, 0.29) is 11.9 Å². The minimum atomic E-state index is 0.0211. The third-order valence-electron chi connectivity index (χ3n) is 2.68. The van der Waals surface area contributed by atoms with Crippen molar-refractivity contribution in [3.05, 3.63) is 0 Å². The number of hydrogen-bond donors (Lipinski definition) is 1. The van der Waals surface area contributed by atoms with Crippen LogP contribution in [0.4, 0.5) is 0 Å². The Balaban J connectivity index is 2.21. The van der Waals surface area contributed by atoms with Crippen LogP contribution in [0, 0.1) is 0 Å². The summed E-state index contributed by atoms with van der Waals surface area (Å²) in [4.78, 5) is 13.8. The summed E-state index contributed by atoms with van der Waals surface area (Å²) in [6, 6.07) is 0.0211. The van der Waals surface area contributed by atoms with Gasteiger partial charge in [-0.15, -0.1) is 11.6 Å². The van der Waals surface area contributed by atoms with Gasteiger partial charge in [-0.05, 0) is 39.3 Å². The first-order valence-electron chi connectivity index (χ1n) is 5.33. The molecule has 0 spiro atoms. The second-order valence-electron chi connectivity index (χ2n) is 3.75. The minimum Gasteiger partial charge on any atom is -0.355 e. The molecule has 0 aliphatic carbocycles. The molecule has 0 bridgehead atoms. The van der Waals surface area contributed by atoms with Crippen molar-refractivity contribution < 1.29 is 4.79 Å². The first-order chi connectivity index (χ1) is 6.75. The first kappa shape index (κ1) is 11.8. The van der Waals surface area contributed by atoms with E-state index in [0.717, 1.165) is 19.5 Å². The lowest BCUT2D eigenvalue weighted by atomic mass is 10.2. The molecule has 1 rings (SSSR count). The molecule has 4 heteroatoms. The van der Waals surface area contributed by atoms with E-state index in [2.05, 4.69) is 10.2 Å². The number of nitrogens with one attached hydrogen (secondary N) is 1. The fourth-order valence-corrected chi connectivity index (χ4v) is 1.85. The molecular weight excluding hydrogens is 200 g/mol. The summed E-state index contributed by atoms with van der Waals surface area (Å²) in [5.74, 6) is 0.746. The van der Waals surface area contributed by atoms with Crippen molar-refractivity contribution in [2.75, 3.05) is 25.5 Å². The molecule has 1 aliphatic heterocycles. The lowest BCUT2D eigenvalue weighted by molar-refractivity contribution is -0.125.